The van der Waals surface area contributed by atoms with Crippen LogP contribution < -0.4 is 0 Å². The van der Waals surface area contributed by atoms with Crippen LogP contribution in [0, 0.1) is 0 Å². The van der Waals surface area contributed by atoms with Crippen LogP contribution in [0.5, 0.6) is 0 Å². The molecule has 0 rings (SSSR count). The molecular weight excluding hydrogens is 154 g/mol. The van der Waals surface area contributed by atoms with Crippen LogP contribution in [0.25, 0.3) is 0 Å². The molecule has 3 heteroatoms. The number of carbonyl (C=O) groups excluding carboxylic acids is 1. The summed E-state index contributed by atoms with van der Waals surface area (Å²) in [6.07, 6.45) is 2.87. The summed E-state index contributed by atoms with van der Waals surface area (Å²) < 4.78 is 5.04. The minimum Gasteiger partial charge on any atom is -0.372 e. The predicted molar refractivity (Wildman–Crippen MR) is 48.7 cm³/mol. The highest BCUT2D eigenvalue weighted by Gasteiger charge is 2.18. The van der Waals surface area contributed by atoms with Gasteiger partial charge >= 0.3 is 0 Å². The lowest BCUT2D eigenvalue weighted by molar-refractivity contribution is -0.138. The summed E-state index contributed by atoms with van der Waals surface area (Å²) >= 11 is 0. The molecule has 0 heterocycles. The largest absolute Gasteiger partial charge is 0.372 e. The van der Waals surface area contributed by atoms with Crippen LogP contribution in [0.4, 0.5) is 0 Å². The fourth-order valence-corrected chi connectivity index (χ4v) is 0.921. The fourth-order valence-electron chi connectivity index (χ4n) is 0.921. The van der Waals surface area contributed by atoms with Crippen LogP contribution in [0.2, 0.25) is 0 Å². The smallest absolute Gasteiger partial charge is 0.255 e. The molecule has 0 aliphatic heterocycles. The lowest BCUT2D eigenvalue weighted by Crippen LogP contribution is -2.34. The van der Waals surface area contributed by atoms with Crippen molar-refractivity contribution < 1.29 is 9.53 Å². The Morgan fingerprint density at radius 2 is 2.33 bits per heavy atom. The molecule has 0 aromatic carbocycles. The quantitative estimate of drug-likeness (QED) is 0.625. The molecule has 0 fully saturated rings. The summed E-state index contributed by atoms with van der Waals surface area (Å²) in [6.45, 7) is 5.53. The zero-order valence-corrected chi connectivity index (χ0v) is 8.04. The van der Waals surface area contributed by atoms with E-state index in [0.29, 0.717) is 0 Å². The number of methoxy groups -OCH3 is 1. The van der Waals surface area contributed by atoms with Gasteiger partial charge in [-0.1, -0.05) is 19.9 Å². The van der Waals surface area contributed by atoms with Crippen molar-refractivity contribution in [3.8, 4) is 0 Å². The Bertz CT molecular complexity index is 157. The van der Waals surface area contributed by atoms with Gasteiger partial charge in [-0.25, -0.2) is 0 Å². The summed E-state index contributed by atoms with van der Waals surface area (Å²) in [5.41, 5.74) is 0. The fraction of sp³-hybridized carbons (Fsp3) is 0.667. The Kier molecular flexibility index (Phi) is 5.37. The Morgan fingerprint density at radius 3 is 2.67 bits per heavy atom. The van der Waals surface area contributed by atoms with Crippen LogP contribution >= 0.6 is 0 Å². The average molecular weight is 171 g/mol. The maximum absolute atomic E-state index is 11.4. The van der Waals surface area contributed by atoms with E-state index < -0.39 is 0 Å². The van der Waals surface area contributed by atoms with Crippen molar-refractivity contribution in [3.05, 3.63) is 12.8 Å². The van der Waals surface area contributed by atoms with E-state index in [0.717, 1.165) is 12.8 Å². The highest BCUT2D eigenvalue weighted by Crippen LogP contribution is 2.04. The molecule has 3 nitrogen and oxygen atoms in total. The van der Waals surface area contributed by atoms with Gasteiger partial charge in [0.05, 0.1) is 0 Å². The minimum atomic E-state index is -0.321. The molecule has 0 bridgehead atoms. The molecule has 70 valence electrons. The molecule has 0 aliphatic carbocycles. The van der Waals surface area contributed by atoms with Crippen LogP contribution in [0.15, 0.2) is 12.8 Å². The van der Waals surface area contributed by atoms with E-state index in [-0.39, 0.29) is 12.0 Å². The number of carbonyl (C=O) groups is 1. The Morgan fingerprint density at radius 1 is 1.75 bits per heavy atom. The first-order chi connectivity index (χ1) is 5.67. The predicted octanol–water partition coefficient (Wildman–Crippen LogP) is 1.40. The first-order valence-electron chi connectivity index (χ1n) is 4.09. The van der Waals surface area contributed by atoms with Crippen molar-refractivity contribution in [2.45, 2.75) is 25.9 Å². The minimum absolute atomic E-state index is 0.0330. The van der Waals surface area contributed by atoms with Crippen molar-refractivity contribution >= 4 is 5.91 Å². The van der Waals surface area contributed by atoms with Crippen molar-refractivity contribution in [3.63, 3.8) is 0 Å². The highest BCUT2D eigenvalue weighted by molar-refractivity contribution is 5.81. The number of hydrogen-bond donors (Lipinski definition) is 0. The monoisotopic (exact) mass is 171 g/mol. The zero-order valence-electron chi connectivity index (χ0n) is 8.04. The second-order valence-electron chi connectivity index (χ2n) is 2.64. The lowest BCUT2D eigenvalue weighted by atomic mass is 10.2. The van der Waals surface area contributed by atoms with E-state index in [1.807, 2.05) is 6.92 Å². The van der Waals surface area contributed by atoms with Crippen LogP contribution in [0.1, 0.15) is 19.8 Å². The molecule has 0 radical (unpaired) electrons. The third-order valence-electron chi connectivity index (χ3n) is 1.73. The Labute approximate surface area is 74.0 Å². The van der Waals surface area contributed by atoms with Gasteiger partial charge in [-0.05, 0) is 12.6 Å². The van der Waals surface area contributed by atoms with Crippen LogP contribution in [0.3, 0.4) is 0 Å². The van der Waals surface area contributed by atoms with Gasteiger partial charge in [-0.2, -0.15) is 0 Å². The van der Waals surface area contributed by atoms with Gasteiger partial charge in [0.15, 0.2) is 0 Å². The maximum Gasteiger partial charge on any atom is 0.255 e. The molecule has 0 saturated carbocycles. The number of amides is 1. The molecule has 0 spiro atoms. The zero-order chi connectivity index (χ0) is 9.56. The first-order valence-corrected chi connectivity index (χ1v) is 4.09. The number of hydrogen-bond acceptors (Lipinski definition) is 2. The molecule has 0 aromatic rings. The summed E-state index contributed by atoms with van der Waals surface area (Å²) in [4.78, 5) is 12.9. The van der Waals surface area contributed by atoms with Gasteiger partial charge in [0.2, 0.25) is 0 Å². The Hall–Kier alpha value is -0.830. The summed E-state index contributed by atoms with van der Waals surface area (Å²) in [5.74, 6) is -0.0330. The normalized spacial score (nSPS) is 12.2. The van der Waals surface area contributed by atoms with Crippen molar-refractivity contribution in [2.24, 2.45) is 0 Å². The number of ether oxygens (including phenoxy) is 1. The van der Waals surface area contributed by atoms with Crippen LogP contribution in [-0.4, -0.2) is 31.1 Å². The van der Waals surface area contributed by atoms with E-state index in [1.54, 1.807) is 14.2 Å². The van der Waals surface area contributed by atoms with E-state index in [2.05, 4.69) is 6.58 Å². The molecule has 12 heavy (non-hydrogen) atoms. The molecule has 0 unspecified atom stereocenters. The van der Waals surface area contributed by atoms with Crippen molar-refractivity contribution in [1.29, 1.82) is 0 Å². The second-order valence-corrected chi connectivity index (χ2v) is 2.64. The number of rotatable bonds is 5. The lowest BCUT2D eigenvalue weighted by Gasteiger charge is -2.18. The van der Waals surface area contributed by atoms with Gasteiger partial charge in [-0.3, -0.25) is 4.79 Å². The number of likely N-dealkylation sites (N-methyl/N-ethyl adjacent to an activating group) is 1. The van der Waals surface area contributed by atoms with Gasteiger partial charge in [0, 0.05) is 14.2 Å². The molecule has 0 aromatic heterocycles. The third-order valence-corrected chi connectivity index (χ3v) is 1.73. The van der Waals surface area contributed by atoms with E-state index in [4.69, 9.17) is 4.74 Å². The topological polar surface area (TPSA) is 29.5 Å². The SMILES string of the molecule is C=CN(C)C(=O)[C@@H](CCC)OC. The molecule has 0 saturated heterocycles. The maximum atomic E-state index is 11.4. The van der Waals surface area contributed by atoms with E-state index in [1.165, 1.54) is 11.1 Å². The molecule has 0 aliphatic rings. The Balaban J connectivity index is 4.10. The number of nitrogens with zero attached hydrogens (tertiary/aromatic N) is 1. The molecular formula is C9H17NO2. The summed E-state index contributed by atoms with van der Waals surface area (Å²) in [5, 5.41) is 0. The standard InChI is InChI=1S/C9H17NO2/c1-5-7-8(12-4)9(11)10(3)6-2/h6,8H,2,5,7H2,1,3-4H3/t8-/m1/s1. The van der Waals surface area contributed by atoms with Crippen molar-refractivity contribution in [2.75, 3.05) is 14.2 Å². The molecule has 1 amide bonds. The first kappa shape index (κ1) is 11.2. The third kappa shape index (κ3) is 3.05. The summed E-state index contributed by atoms with van der Waals surface area (Å²) in [7, 11) is 3.23. The van der Waals surface area contributed by atoms with Gasteiger partial charge in [0.25, 0.3) is 5.91 Å². The second kappa shape index (κ2) is 5.77. The van der Waals surface area contributed by atoms with Crippen LogP contribution in [-0.2, 0) is 9.53 Å². The van der Waals surface area contributed by atoms with Gasteiger partial charge in [0.1, 0.15) is 6.10 Å². The summed E-state index contributed by atoms with van der Waals surface area (Å²) in [6, 6.07) is 0. The van der Waals surface area contributed by atoms with Gasteiger partial charge in [-0.15, -0.1) is 0 Å². The highest BCUT2D eigenvalue weighted by atomic mass is 16.5. The van der Waals surface area contributed by atoms with E-state index >= 15 is 0 Å². The van der Waals surface area contributed by atoms with E-state index in [9.17, 15) is 4.79 Å². The van der Waals surface area contributed by atoms with Crippen molar-refractivity contribution in [1.82, 2.24) is 4.90 Å². The van der Waals surface area contributed by atoms with Gasteiger partial charge < -0.3 is 9.64 Å². The molecule has 0 N–H and O–H groups in total. The average Bonchev–Trinajstić information content (AvgIpc) is 2.11. The molecule has 1 atom stereocenters.